The third-order valence-corrected chi connectivity index (χ3v) is 4.21. The van der Waals surface area contributed by atoms with Crippen molar-refractivity contribution in [3.63, 3.8) is 0 Å². The van der Waals surface area contributed by atoms with E-state index in [0.717, 1.165) is 22.4 Å². The summed E-state index contributed by atoms with van der Waals surface area (Å²) in [6, 6.07) is 6.08. The van der Waals surface area contributed by atoms with Gasteiger partial charge in [0, 0.05) is 36.0 Å². The highest BCUT2D eigenvalue weighted by molar-refractivity contribution is 5.66. The van der Waals surface area contributed by atoms with Gasteiger partial charge < -0.3 is 10.2 Å². The number of nitrogens with zero attached hydrogens (tertiary/aromatic N) is 2. The number of aromatic hydroxyl groups is 1. The lowest BCUT2D eigenvalue weighted by molar-refractivity contribution is 0.277. The molecule has 1 aromatic carbocycles. The Hall–Kier alpha value is -1.81. The molecule has 0 unspecified atom stereocenters. The zero-order valence-electron chi connectivity index (χ0n) is 15.7. The summed E-state index contributed by atoms with van der Waals surface area (Å²) < 4.78 is 1.85. The summed E-state index contributed by atoms with van der Waals surface area (Å²) in [7, 11) is 0. The molecule has 1 aromatic heterocycles. The minimum Gasteiger partial charge on any atom is -0.507 e. The highest BCUT2D eigenvalue weighted by Crippen LogP contribution is 2.41. The van der Waals surface area contributed by atoms with Crippen LogP contribution in [-0.4, -0.2) is 26.6 Å². The van der Waals surface area contributed by atoms with Gasteiger partial charge in [-0.1, -0.05) is 41.5 Å². The lowest BCUT2D eigenvalue weighted by Crippen LogP contribution is -2.17. The first-order valence-corrected chi connectivity index (χ1v) is 8.56. The molecular formula is C20H30N2O2. The second-order valence-electron chi connectivity index (χ2n) is 8.46. The van der Waals surface area contributed by atoms with Crippen molar-refractivity contribution in [1.29, 1.82) is 0 Å². The fourth-order valence-corrected chi connectivity index (χ4v) is 2.80. The molecule has 2 aromatic rings. The maximum absolute atomic E-state index is 10.8. The number of aryl methyl sites for hydroxylation is 1. The number of phenolic OH excluding ortho intramolecular Hbond substituents is 1. The lowest BCUT2D eigenvalue weighted by Gasteiger charge is -2.28. The van der Waals surface area contributed by atoms with Crippen molar-refractivity contribution in [2.45, 2.75) is 65.3 Å². The van der Waals surface area contributed by atoms with Crippen LogP contribution < -0.4 is 0 Å². The molecule has 0 radical (unpaired) electrons. The number of phenols is 1. The second-order valence-corrected chi connectivity index (χ2v) is 8.46. The molecule has 0 amide bonds. The van der Waals surface area contributed by atoms with Crippen LogP contribution in [0, 0.1) is 0 Å². The molecule has 132 valence electrons. The predicted molar refractivity (Wildman–Crippen MR) is 98.4 cm³/mol. The molecule has 0 saturated carbocycles. The van der Waals surface area contributed by atoms with Gasteiger partial charge in [0.05, 0.1) is 5.69 Å². The molecular weight excluding hydrogens is 300 g/mol. The Morgan fingerprint density at radius 2 is 1.54 bits per heavy atom. The number of aromatic nitrogens is 2. The van der Waals surface area contributed by atoms with Gasteiger partial charge in [-0.05, 0) is 35.4 Å². The van der Waals surface area contributed by atoms with Gasteiger partial charge in [0.2, 0.25) is 0 Å². The molecule has 0 aliphatic carbocycles. The number of benzene rings is 1. The molecule has 0 atom stereocenters. The average molecular weight is 330 g/mol. The standard InChI is InChI=1S/C20H30N2O2/c1-19(2,3)15-12-14(13-16(18(15)24)20(4,5)6)17-8-10-22(21-17)9-7-11-23/h8,10,12-13,23-24H,7,9,11H2,1-6H3. The smallest absolute Gasteiger partial charge is 0.123 e. The molecule has 0 bridgehead atoms. The number of rotatable bonds is 4. The van der Waals surface area contributed by atoms with Crippen molar-refractivity contribution in [3.8, 4) is 17.0 Å². The lowest BCUT2D eigenvalue weighted by atomic mass is 9.78. The van der Waals surface area contributed by atoms with Crippen LogP contribution >= 0.6 is 0 Å². The van der Waals surface area contributed by atoms with Crippen molar-refractivity contribution in [3.05, 3.63) is 35.5 Å². The Labute approximate surface area is 145 Å². The maximum atomic E-state index is 10.8. The molecule has 0 fully saturated rings. The van der Waals surface area contributed by atoms with Gasteiger partial charge in [0.15, 0.2) is 0 Å². The predicted octanol–water partition coefficient (Wildman–Crippen LogP) is 4.23. The van der Waals surface area contributed by atoms with Crippen LogP contribution in [0.1, 0.15) is 59.1 Å². The molecule has 4 nitrogen and oxygen atoms in total. The highest BCUT2D eigenvalue weighted by Gasteiger charge is 2.27. The average Bonchev–Trinajstić information content (AvgIpc) is 2.91. The molecule has 2 rings (SSSR count). The van der Waals surface area contributed by atoms with Crippen LogP contribution in [0.5, 0.6) is 5.75 Å². The minimum absolute atomic E-state index is 0.153. The Kier molecular flexibility index (Phi) is 5.09. The molecule has 2 N–H and O–H groups in total. The SMILES string of the molecule is CC(C)(C)c1cc(-c2ccn(CCCO)n2)cc(C(C)(C)C)c1O. The summed E-state index contributed by atoms with van der Waals surface area (Å²) in [6.45, 7) is 13.5. The van der Waals surface area contributed by atoms with Gasteiger partial charge in [-0.25, -0.2) is 0 Å². The van der Waals surface area contributed by atoms with Crippen LogP contribution in [0.2, 0.25) is 0 Å². The van der Waals surface area contributed by atoms with E-state index in [0.29, 0.717) is 18.7 Å². The number of hydrogen-bond donors (Lipinski definition) is 2. The Balaban J connectivity index is 2.56. The summed E-state index contributed by atoms with van der Waals surface area (Å²) in [5, 5.41) is 24.4. The van der Waals surface area contributed by atoms with Gasteiger partial charge in [-0.15, -0.1) is 0 Å². The Morgan fingerprint density at radius 3 is 2.00 bits per heavy atom. The summed E-state index contributed by atoms with van der Waals surface area (Å²) in [4.78, 5) is 0. The first kappa shape index (κ1) is 18.5. The summed E-state index contributed by atoms with van der Waals surface area (Å²) in [5.74, 6) is 0.387. The van der Waals surface area contributed by atoms with Gasteiger partial charge in [0.25, 0.3) is 0 Å². The summed E-state index contributed by atoms with van der Waals surface area (Å²) >= 11 is 0. The van der Waals surface area contributed by atoms with E-state index in [1.165, 1.54) is 0 Å². The zero-order chi connectivity index (χ0) is 18.1. The van der Waals surface area contributed by atoms with Gasteiger partial charge in [-0.2, -0.15) is 5.10 Å². The van der Waals surface area contributed by atoms with Crippen molar-refractivity contribution in [1.82, 2.24) is 9.78 Å². The van der Waals surface area contributed by atoms with Crippen LogP contribution in [0.4, 0.5) is 0 Å². The number of aliphatic hydroxyl groups excluding tert-OH is 1. The maximum Gasteiger partial charge on any atom is 0.123 e. The van der Waals surface area contributed by atoms with Crippen molar-refractivity contribution < 1.29 is 10.2 Å². The monoisotopic (exact) mass is 330 g/mol. The van der Waals surface area contributed by atoms with Gasteiger partial charge >= 0.3 is 0 Å². The molecule has 1 heterocycles. The summed E-state index contributed by atoms with van der Waals surface area (Å²) in [6.07, 6.45) is 2.63. The van der Waals surface area contributed by atoms with Crippen molar-refractivity contribution in [2.24, 2.45) is 0 Å². The van der Waals surface area contributed by atoms with E-state index in [4.69, 9.17) is 5.11 Å². The molecule has 24 heavy (non-hydrogen) atoms. The fraction of sp³-hybridized carbons (Fsp3) is 0.550. The molecule has 4 heteroatoms. The van der Waals surface area contributed by atoms with E-state index in [-0.39, 0.29) is 17.4 Å². The topological polar surface area (TPSA) is 58.3 Å². The number of aliphatic hydroxyl groups is 1. The third kappa shape index (κ3) is 3.99. The van der Waals surface area contributed by atoms with E-state index in [9.17, 15) is 5.11 Å². The minimum atomic E-state index is -0.153. The van der Waals surface area contributed by atoms with Crippen LogP contribution in [0.25, 0.3) is 11.3 Å². The molecule has 0 saturated heterocycles. The van der Waals surface area contributed by atoms with Gasteiger partial charge in [0.1, 0.15) is 5.75 Å². The normalized spacial score (nSPS) is 12.6. The summed E-state index contributed by atoms with van der Waals surface area (Å²) in [5.41, 5.74) is 3.48. The first-order valence-electron chi connectivity index (χ1n) is 8.56. The molecule has 0 spiro atoms. The van der Waals surface area contributed by atoms with E-state index in [2.05, 4.69) is 46.6 Å². The number of hydrogen-bond acceptors (Lipinski definition) is 3. The van der Waals surface area contributed by atoms with Crippen molar-refractivity contribution >= 4 is 0 Å². The second kappa shape index (κ2) is 6.60. The van der Waals surface area contributed by atoms with Crippen LogP contribution in [0.3, 0.4) is 0 Å². The van der Waals surface area contributed by atoms with Crippen LogP contribution in [-0.2, 0) is 17.4 Å². The van der Waals surface area contributed by atoms with E-state index in [1.807, 2.05) is 29.1 Å². The zero-order valence-corrected chi connectivity index (χ0v) is 15.7. The van der Waals surface area contributed by atoms with E-state index >= 15 is 0 Å². The van der Waals surface area contributed by atoms with Gasteiger partial charge in [-0.3, -0.25) is 4.68 Å². The Morgan fingerprint density at radius 1 is 1.00 bits per heavy atom. The van der Waals surface area contributed by atoms with E-state index < -0.39 is 0 Å². The largest absolute Gasteiger partial charge is 0.507 e. The first-order chi connectivity index (χ1) is 11.0. The molecule has 0 aliphatic heterocycles. The van der Waals surface area contributed by atoms with Crippen molar-refractivity contribution in [2.75, 3.05) is 6.61 Å². The third-order valence-electron chi connectivity index (χ3n) is 4.21. The quantitative estimate of drug-likeness (QED) is 0.882. The fourth-order valence-electron chi connectivity index (χ4n) is 2.80. The Bertz CT molecular complexity index is 668. The van der Waals surface area contributed by atoms with Crippen LogP contribution in [0.15, 0.2) is 24.4 Å². The highest BCUT2D eigenvalue weighted by atomic mass is 16.3. The van der Waals surface area contributed by atoms with E-state index in [1.54, 1.807) is 0 Å². The molecule has 0 aliphatic rings.